The summed E-state index contributed by atoms with van der Waals surface area (Å²) in [6.45, 7) is 10.6. The molecule has 7 atom stereocenters. The van der Waals surface area contributed by atoms with E-state index in [2.05, 4.69) is 6.58 Å². The number of aliphatic hydroxyl groups is 1. The first-order valence-corrected chi connectivity index (χ1v) is 9.23. The van der Waals surface area contributed by atoms with Crippen molar-refractivity contribution in [3.8, 4) is 0 Å². The van der Waals surface area contributed by atoms with Gasteiger partial charge in [0.25, 0.3) is 0 Å². The SMILES string of the molecule is C=C1C(=O)O[C@H]2[C@H]1[C@H](OC(=O)C(C)=CC)C[C@H](C)[C@H](O)CC(=O)[C@]1(C)O[C@H]21. The average Bonchev–Trinajstić information content (AvgIpc) is 3.23. The van der Waals surface area contributed by atoms with Gasteiger partial charge in [0.15, 0.2) is 11.4 Å². The number of hydrogen-bond acceptors (Lipinski definition) is 7. The van der Waals surface area contributed by atoms with E-state index in [4.69, 9.17) is 14.2 Å². The first-order chi connectivity index (χ1) is 12.6. The molecule has 7 nitrogen and oxygen atoms in total. The monoisotopic (exact) mass is 378 g/mol. The molecule has 3 aliphatic rings. The van der Waals surface area contributed by atoms with Gasteiger partial charge < -0.3 is 19.3 Å². The molecule has 1 N–H and O–H groups in total. The molecule has 0 unspecified atom stereocenters. The number of aliphatic hydroxyl groups excluding tert-OH is 1. The third kappa shape index (κ3) is 3.34. The highest BCUT2D eigenvalue weighted by Gasteiger charge is 2.67. The van der Waals surface area contributed by atoms with E-state index in [0.29, 0.717) is 5.57 Å². The van der Waals surface area contributed by atoms with Gasteiger partial charge in [-0.15, -0.1) is 0 Å². The van der Waals surface area contributed by atoms with E-state index in [1.54, 1.807) is 33.8 Å². The molecular weight excluding hydrogens is 352 g/mol. The van der Waals surface area contributed by atoms with Crippen molar-refractivity contribution in [2.75, 3.05) is 0 Å². The third-order valence-corrected chi connectivity index (χ3v) is 6.04. The smallest absolute Gasteiger partial charge is 0.334 e. The highest BCUT2D eigenvalue weighted by Crippen LogP contribution is 2.49. The Bertz CT molecular complexity index is 724. The lowest BCUT2D eigenvalue weighted by Crippen LogP contribution is -2.43. The van der Waals surface area contributed by atoms with Crippen LogP contribution in [-0.2, 0) is 28.6 Å². The van der Waals surface area contributed by atoms with Crippen molar-refractivity contribution in [3.05, 3.63) is 23.8 Å². The summed E-state index contributed by atoms with van der Waals surface area (Å²) in [6, 6.07) is 0. The number of allylic oxidation sites excluding steroid dienone is 1. The maximum atomic E-state index is 12.5. The predicted molar refractivity (Wildman–Crippen MR) is 94.5 cm³/mol. The Hall–Kier alpha value is -1.99. The minimum Gasteiger partial charge on any atom is -0.458 e. The van der Waals surface area contributed by atoms with Gasteiger partial charge in [0.1, 0.15) is 18.3 Å². The van der Waals surface area contributed by atoms with Crippen molar-refractivity contribution in [2.45, 2.75) is 70.6 Å². The first-order valence-electron chi connectivity index (χ1n) is 9.23. The minimum absolute atomic E-state index is 0.0605. The molecule has 2 saturated heterocycles. The lowest BCUT2D eigenvalue weighted by molar-refractivity contribution is -0.151. The van der Waals surface area contributed by atoms with Crippen molar-refractivity contribution in [2.24, 2.45) is 11.8 Å². The van der Waals surface area contributed by atoms with Gasteiger partial charge in [-0.1, -0.05) is 19.6 Å². The molecule has 7 heteroatoms. The molecule has 0 aromatic rings. The zero-order chi connectivity index (χ0) is 20.1. The van der Waals surface area contributed by atoms with Gasteiger partial charge in [-0.05, 0) is 33.1 Å². The van der Waals surface area contributed by atoms with Crippen molar-refractivity contribution in [1.82, 2.24) is 0 Å². The Morgan fingerprint density at radius 2 is 2.07 bits per heavy atom. The molecule has 0 spiro atoms. The molecule has 0 amide bonds. The quantitative estimate of drug-likeness (QED) is 0.441. The van der Waals surface area contributed by atoms with Gasteiger partial charge in [-0.25, -0.2) is 9.59 Å². The maximum Gasteiger partial charge on any atom is 0.334 e. The van der Waals surface area contributed by atoms with Crippen molar-refractivity contribution in [3.63, 3.8) is 0 Å². The second-order valence-electron chi connectivity index (χ2n) is 7.89. The van der Waals surface area contributed by atoms with E-state index in [1.807, 2.05) is 0 Å². The van der Waals surface area contributed by atoms with Crippen LogP contribution in [0.4, 0.5) is 0 Å². The normalized spacial score (nSPS) is 42.1. The number of ether oxygens (including phenoxy) is 3. The summed E-state index contributed by atoms with van der Waals surface area (Å²) in [5, 5.41) is 10.4. The fraction of sp³-hybridized carbons (Fsp3) is 0.650. The largest absolute Gasteiger partial charge is 0.458 e. The first kappa shape index (κ1) is 19.8. The number of rotatable bonds is 2. The van der Waals surface area contributed by atoms with E-state index in [0.717, 1.165) is 0 Å². The Kier molecular flexibility index (Phi) is 5.03. The Labute approximate surface area is 158 Å². The zero-order valence-corrected chi connectivity index (χ0v) is 16.1. The minimum atomic E-state index is -1.11. The molecule has 27 heavy (non-hydrogen) atoms. The van der Waals surface area contributed by atoms with Crippen LogP contribution in [0.3, 0.4) is 0 Å². The lowest BCUT2D eigenvalue weighted by Gasteiger charge is -2.31. The maximum absolute atomic E-state index is 12.5. The van der Waals surface area contributed by atoms with Gasteiger partial charge in [0.2, 0.25) is 0 Å². The topological polar surface area (TPSA) is 102 Å². The fourth-order valence-corrected chi connectivity index (χ4v) is 3.86. The van der Waals surface area contributed by atoms with Gasteiger partial charge in [0, 0.05) is 17.6 Å². The highest BCUT2D eigenvalue weighted by atomic mass is 16.7. The summed E-state index contributed by atoms with van der Waals surface area (Å²) in [5.74, 6) is -2.26. The van der Waals surface area contributed by atoms with Crippen LogP contribution in [-0.4, -0.2) is 52.8 Å². The van der Waals surface area contributed by atoms with Crippen molar-refractivity contribution >= 4 is 17.7 Å². The van der Waals surface area contributed by atoms with Crippen LogP contribution in [0.25, 0.3) is 0 Å². The van der Waals surface area contributed by atoms with E-state index in [9.17, 15) is 19.5 Å². The molecule has 148 valence electrons. The Morgan fingerprint density at radius 1 is 1.41 bits per heavy atom. The standard InChI is InChI=1S/C20H26O7/c1-6-9(2)18(23)25-13-7-10(3)12(21)8-14(22)20(5)17(27-20)16-15(13)11(4)19(24)26-16/h6,10,12-13,15-17,21H,4,7-8H2,1-3,5H3/t10-,12+,13+,15+,16-,17+,20-/m0/s1. The van der Waals surface area contributed by atoms with Gasteiger partial charge in [-0.3, -0.25) is 4.79 Å². The number of ketones is 1. The summed E-state index contributed by atoms with van der Waals surface area (Å²) >= 11 is 0. The summed E-state index contributed by atoms with van der Waals surface area (Å²) < 4.78 is 16.8. The van der Waals surface area contributed by atoms with Crippen LogP contribution in [0.15, 0.2) is 23.8 Å². The van der Waals surface area contributed by atoms with E-state index in [1.165, 1.54) is 0 Å². The molecule has 2 aliphatic heterocycles. The summed E-state index contributed by atoms with van der Waals surface area (Å²) in [6.07, 6.45) is -1.14. The van der Waals surface area contributed by atoms with E-state index in [-0.39, 0.29) is 30.1 Å². The zero-order valence-electron chi connectivity index (χ0n) is 16.1. The molecule has 1 saturated carbocycles. The average molecular weight is 378 g/mol. The molecule has 3 fully saturated rings. The predicted octanol–water partition coefficient (Wildman–Crippen LogP) is 1.48. The van der Waals surface area contributed by atoms with E-state index >= 15 is 0 Å². The summed E-state index contributed by atoms with van der Waals surface area (Å²) in [5.41, 5.74) is -0.474. The number of carbonyl (C=O) groups excluding carboxylic acids is 3. The van der Waals surface area contributed by atoms with Crippen molar-refractivity contribution in [1.29, 1.82) is 0 Å². The van der Waals surface area contributed by atoms with Crippen LogP contribution in [0.2, 0.25) is 0 Å². The van der Waals surface area contributed by atoms with Crippen LogP contribution in [0.5, 0.6) is 0 Å². The van der Waals surface area contributed by atoms with Gasteiger partial charge in [0.05, 0.1) is 12.0 Å². The Morgan fingerprint density at radius 3 is 2.70 bits per heavy atom. The summed E-state index contributed by atoms with van der Waals surface area (Å²) in [4.78, 5) is 37.1. The van der Waals surface area contributed by atoms with Crippen molar-refractivity contribution < 1.29 is 33.7 Å². The molecular formula is C20H26O7. The number of fused-ring (bicyclic) bond motifs is 3. The lowest BCUT2D eigenvalue weighted by atomic mass is 9.78. The molecule has 3 rings (SSSR count). The molecule has 0 bridgehead atoms. The molecule has 1 aliphatic carbocycles. The van der Waals surface area contributed by atoms with Gasteiger partial charge in [-0.2, -0.15) is 0 Å². The Balaban J connectivity index is 1.97. The van der Waals surface area contributed by atoms with Crippen LogP contribution in [0.1, 0.15) is 40.5 Å². The number of epoxide rings is 1. The number of Topliss-reactive ketones (excluding diaryl/α,β-unsaturated/α-hetero) is 1. The summed E-state index contributed by atoms with van der Waals surface area (Å²) in [7, 11) is 0. The van der Waals surface area contributed by atoms with Crippen LogP contribution in [0, 0.1) is 11.8 Å². The molecule has 0 aromatic heterocycles. The second kappa shape index (κ2) is 6.87. The number of esters is 2. The second-order valence-corrected chi connectivity index (χ2v) is 7.89. The number of hydrogen-bond donors (Lipinski definition) is 1. The van der Waals surface area contributed by atoms with Gasteiger partial charge >= 0.3 is 11.9 Å². The highest BCUT2D eigenvalue weighted by molar-refractivity contribution is 5.94. The van der Waals surface area contributed by atoms with Crippen LogP contribution >= 0.6 is 0 Å². The molecule has 0 radical (unpaired) electrons. The number of carbonyl (C=O) groups is 3. The molecule has 0 aromatic carbocycles. The van der Waals surface area contributed by atoms with E-state index < -0.39 is 47.9 Å². The fourth-order valence-electron chi connectivity index (χ4n) is 3.86. The van der Waals surface area contributed by atoms with Crippen LogP contribution < -0.4 is 0 Å². The third-order valence-electron chi connectivity index (χ3n) is 6.04. The molecule has 2 heterocycles.